The molecule has 0 unspecified atom stereocenters. The Balaban J connectivity index is 1.53. The molecule has 0 aliphatic heterocycles. The first-order chi connectivity index (χ1) is 16.5. The van der Waals surface area contributed by atoms with Crippen LogP contribution in [0.1, 0.15) is 25.2 Å². The second-order valence-electron chi connectivity index (χ2n) is 7.73. The summed E-state index contributed by atoms with van der Waals surface area (Å²) >= 11 is 1.31. The molecule has 1 aromatic heterocycles. The molecule has 0 saturated heterocycles. The van der Waals surface area contributed by atoms with Crippen LogP contribution in [0.3, 0.4) is 0 Å². The van der Waals surface area contributed by atoms with Crippen molar-refractivity contribution in [1.82, 2.24) is 14.8 Å². The van der Waals surface area contributed by atoms with Crippen LogP contribution in [0, 0.1) is 0 Å². The van der Waals surface area contributed by atoms with Crippen molar-refractivity contribution in [2.24, 2.45) is 0 Å². The van der Waals surface area contributed by atoms with Gasteiger partial charge in [-0.15, -0.1) is 10.2 Å². The second kappa shape index (κ2) is 11.0. The number of amides is 1. The highest BCUT2D eigenvalue weighted by Gasteiger charge is 2.22. The zero-order valence-corrected chi connectivity index (χ0v) is 19.9. The maximum atomic E-state index is 13.0. The van der Waals surface area contributed by atoms with E-state index in [0.29, 0.717) is 24.1 Å². The molecule has 0 aliphatic rings. The number of hydrogen-bond acceptors (Lipinski definition) is 6. The summed E-state index contributed by atoms with van der Waals surface area (Å²) in [7, 11) is 0. The number of carbonyl (C=O) groups is 2. The first kappa shape index (κ1) is 23.5. The number of carbonyl (C=O) groups excluding carboxylic acids is 2. The minimum absolute atomic E-state index is 0.0187. The maximum absolute atomic E-state index is 13.0. The number of nitrogens with zero attached hydrogens (tertiary/aromatic N) is 3. The van der Waals surface area contributed by atoms with Gasteiger partial charge in [0.25, 0.3) is 0 Å². The summed E-state index contributed by atoms with van der Waals surface area (Å²) in [6.07, 6.45) is 0.0187. The molecule has 7 nitrogen and oxygen atoms in total. The van der Waals surface area contributed by atoms with Gasteiger partial charge < -0.3 is 14.6 Å². The Morgan fingerprint density at radius 3 is 2.53 bits per heavy atom. The number of hydrogen-bond donors (Lipinski definition) is 1. The van der Waals surface area contributed by atoms with Crippen LogP contribution < -0.4 is 5.32 Å². The van der Waals surface area contributed by atoms with E-state index in [1.165, 1.54) is 11.8 Å². The Bertz CT molecular complexity index is 1280. The van der Waals surface area contributed by atoms with Crippen molar-refractivity contribution in [1.29, 1.82) is 0 Å². The normalized spacial score (nSPS) is 11.8. The molecule has 4 rings (SSSR count). The lowest BCUT2D eigenvalue weighted by molar-refractivity contribution is -0.142. The molecule has 1 atom stereocenters. The summed E-state index contributed by atoms with van der Waals surface area (Å²) in [5, 5.41) is 13.7. The molecular weight excluding hydrogens is 448 g/mol. The third-order valence-electron chi connectivity index (χ3n) is 5.28. The summed E-state index contributed by atoms with van der Waals surface area (Å²) in [6, 6.07) is 23.6. The average Bonchev–Trinajstić information content (AvgIpc) is 3.20. The van der Waals surface area contributed by atoms with Gasteiger partial charge in [-0.3, -0.25) is 9.59 Å². The van der Waals surface area contributed by atoms with E-state index < -0.39 is 5.25 Å². The zero-order chi connectivity index (χ0) is 23.9. The number of thioether (sulfide) groups is 1. The number of anilines is 1. The van der Waals surface area contributed by atoms with Crippen molar-refractivity contribution in [3.8, 4) is 0 Å². The predicted octanol–water partition coefficient (Wildman–Crippen LogP) is 4.70. The lowest BCUT2D eigenvalue weighted by Gasteiger charge is -2.15. The number of nitrogens with one attached hydrogen (secondary N) is 1. The first-order valence-electron chi connectivity index (χ1n) is 11.1. The zero-order valence-electron chi connectivity index (χ0n) is 19.1. The van der Waals surface area contributed by atoms with E-state index in [1.807, 2.05) is 84.3 Å². The van der Waals surface area contributed by atoms with E-state index in [9.17, 15) is 9.59 Å². The molecule has 0 radical (unpaired) electrons. The Hall–Kier alpha value is -3.65. The van der Waals surface area contributed by atoms with Crippen LogP contribution in [0.15, 0.2) is 78.0 Å². The Labute approximate surface area is 202 Å². The van der Waals surface area contributed by atoms with Gasteiger partial charge in [0.05, 0.1) is 18.4 Å². The third kappa shape index (κ3) is 5.63. The van der Waals surface area contributed by atoms with E-state index >= 15 is 0 Å². The van der Waals surface area contributed by atoms with Crippen molar-refractivity contribution in [2.75, 3.05) is 11.9 Å². The summed E-state index contributed by atoms with van der Waals surface area (Å²) in [5.41, 5.74) is 1.81. The van der Waals surface area contributed by atoms with Crippen molar-refractivity contribution < 1.29 is 14.3 Å². The van der Waals surface area contributed by atoms with Gasteiger partial charge in [0.2, 0.25) is 5.91 Å². The monoisotopic (exact) mass is 474 g/mol. The SMILES string of the molecule is CCOC(=O)Cc1nnc(S[C@@H](C)C(=O)Nc2cccc3ccccc23)n1Cc1ccccc1. The van der Waals surface area contributed by atoms with Gasteiger partial charge in [-0.05, 0) is 30.9 Å². The van der Waals surface area contributed by atoms with E-state index in [1.54, 1.807) is 6.92 Å². The van der Waals surface area contributed by atoms with Crippen molar-refractivity contribution in [3.05, 3.63) is 84.2 Å². The molecule has 0 bridgehead atoms. The molecule has 174 valence electrons. The summed E-state index contributed by atoms with van der Waals surface area (Å²) in [6.45, 7) is 4.39. The molecule has 0 fully saturated rings. The summed E-state index contributed by atoms with van der Waals surface area (Å²) in [5.74, 6) is 0.0107. The van der Waals surface area contributed by atoms with Crippen LogP contribution in [-0.4, -0.2) is 38.5 Å². The van der Waals surface area contributed by atoms with E-state index in [2.05, 4.69) is 15.5 Å². The highest BCUT2D eigenvalue weighted by molar-refractivity contribution is 8.00. The predicted molar refractivity (Wildman–Crippen MR) is 134 cm³/mol. The number of aromatic nitrogens is 3. The maximum Gasteiger partial charge on any atom is 0.313 e. The molecule has 34 heavy (non-hydrogen) atoms. The highest BCUT2D eigenvalue weighted by atomic mass is 32.2. The van der Waals surface area contributed by atoms with Crippen LogP contribution in [0.25, 0.3) is 10.8 Å². The quantitative estimate of drug-likeness (QED) is 0.279. The number of esters is 1. The van der Waals surface area contributed by atoms with E-state index in [-0.39, 0.29) is 18.3 Å². The van der Waals surface area contributed by atoms with E-state index in [0.717, 1.165) is 22.0 Å². The molecule has 4 aromatic rings. The Kier molecular flexibility index (Phi) is 7.59. The van der Waals surface area contributed by atoms with Gasteiger partial charge in [-0.2, -0.15) is 0 Å². The lowest BCUT2D eigenvalue weighted by atomic mass is 10.1. The fourth-order valence-electron chi connectivity index (χ4n) is 3.58. The van der Waals surface area contributed by atoms with Crippen LogP contribution in [0.2, 0.25) is 0 Å². The fourth-order valence-corrected chi connectivity index (χ4v) is 4.45. The summed E-state index contributed by atoms with van der Waals surface area (Å²) in [4.78, 5) is 25.1. The second-order valence-corrected chi connectivity index (χ2v) is 9.04. The molecule has 1 heterocycles. The standard InChI is InChI=1S/C26H26N4O3S/c1-3-33-24(31)16-23-28-29-26(30(23)17-19-10-5-4-6-11-19)34-18(2)25(32)27-22-15-9-13-20-12-7-8-14-21(20)22/h4-15,18H,3,16-17H2,1-2H3,(H,27,32)/t18-/m0/s1. The van der Waals surface area contributed by atoms with Gasteiger partial charge in [0.15, 0.2) is 5.16 Å². The molecule has 8 heteroatoms. The molecular formula is C26H26N4O3S. The molecule has 0 aliphatic carbocycles. The number of ether oxygens (including phenoxy) is 1. The van der Waals surface area contributed by atoms with Gasteiger partial charge in [0, 0.05) is 11.1 Å². The van der Waals surface area contributed by atoms with Gasteiger partial charge in [-0.25, -0.2) is 0 Å². The van der Waals surface area contributed by atoms with Crippen molar-refractivity contribution >= 4 is 40.1 Å². The van der Waals surface area contributed by atoms with Crippen LogP contribution in [-0.2, 0) is 27.3 Å². The van der Waals surface area contributed by atoms with Crippen LogP contribution in [0.5, 0.6) is 0 Å². The topological polar surface area (TPSA) is 86.1 Å². The van der Waals surface area contributed by atoms with Gasteiger partial charge in [-0.1, -0.05) is 78.5 Å². The number of fused-ring (bicyclic) bond motifs is 1. The number of benzene rings is 3. The summed E-state index contributed by atoms with van der Waals surface area (Å²) < 4.78 is 6.96. The van der Waals surface area contributed by atoms with Crippen molar-refractivity contribution in [2.45, 2.75) is 37.2 Å². The average molecular weight is 475 g/mol. The largest absolute Gasteiger partial charge is 0.466 e. The molecule has 1 N–H and O–H groups in total. The minimum atomic E-state index is -0.437. The van der Waals surface area contributed by atoms with Crippen molar-refractivity contribution in [3.63, 3.8) is 0 Å². The number of rotatable bonds is 9. The fraction of sp³-hybridized carbons (Fsp3) is 0.231. The molecule has 3 aromatic carbocycles. The Morgan fingerprint density at radius 1 is 1.00 bits per heavy atom. The lowest BCUT2D eigenvalue weighted by Crippen LogP contribution is -2.23. The molecule has 0 spiro atoms. The molecule has 1 amide bonds. The van der Waals surface area contributed by atoms with Gasteiger partial charge in [0.1, 0.15) is 12.2 Å². The van der Waals surface area contributed by atoms with Crippen LogP contribution in [0.4, 0.5) is 5.69 Å². The Morgan fingerprint density at radius 2 is 1.74 bits per heavy atom. The smallest absolute Gasteiger partial charge is 0.313 e. The highest BCUT2D eigenvalue weighted by Crippen LogP contribution is 2.27. The third-order valence-corrected chi connectivity index (χ3v) is 6.36. The minimum Gasteiger partial charge on any atom is -0.466 e. The van der Waals surface area contributed by atoms with Gasteiger partial charge >= 0.3 is 5.97 Å². The van der Waals surface area contributed by atoms with E-state index in [4.69, 9.17) is 4.74 Å². The molecule has 0 saturated carbocycles. The van der Waals surface area contributed by atoms with Crippen LogP contribution >= 0.6 is 11.8 Å². The first-order valence-corrected chi connectivity index (χ1v) is 12.0.